The first-order valence-electron chi connectivity index (χ1n) is 7.00. The largest absolute Gasteiger partial charge is 0.378 e. The highest BCUT2D eigenvalue weighted by atomic mass is 32.2. The Morgan fingerprint density at radius 3 is 2.71 bits per heavy atom. The van der Waals surface area contributed by atoms with E-state index in [1.165, 1.54) is 11.8 Å². The van der Waals surface area contributed by atoms with Crippen molar-refractivity contribution in [1.29, 1.82) is 0 Å². The molecule has 1 aliphatic heterocycles. The predicted molar refractivity (Wildman–Crippen MR) is 90.4 cm³/mol. The van der Waals surface area contributed by atoms with Crippen molar-refractivity contribution in [2.24, 2.45) is 0 Å². The average molecular weight is 324 g/mol. The summed E-state index contributed by atoms with van der Waals surface area (Å²) in [4.78, 5) is 14.1. The van der Waals surface area contributed by atoms with Gasteiger partial charge in [0.2, 0.25) is 5.91 Å². The number of rotatable bonds is 4. The quantitative estimate of drug-likeness (QED) is 0.860. The average Bonchev–Trinajstić information content (AvgIpc) is 2.54. The molecule has 6 heteroatoms. The van der Waals surface area contributed by atoms with Crippen LogP contribution in [-0.2, 0) is 9.53 Å². The number of amides is 1. The molecule has 114 valence electrons. The van der Waals surface area contributed by atoms with Crippen molar-refractivity contribution in [2.75, 3.05) is 32.1 Å². The van der Waals surface area contributed by atoms with E-state index in [4.69, 9.17) is 17.0 Å². The molecule has 0 saturated carbocycles. The summed E-state index contributed by atoms with van der Waals surface area (Å²) in [6, 6.07) is 9.94. The molecule has 1 aliphatic rings. The second kappa shape index (κ2) is 8.36. The molecule has 1 atom stereocenters. The minimum absolute atomic E-state index is 0.00645. The van der Waals surface area contributed by atoms with Crippen molar-refractivity contribution >= 4 is 34.2 Å². The molecular weight excluding hydrogens is 304 g/mol. The number of carbonyl (C=O) groups excluding carboxylic acids is 1. The van der Waals surface area contributed by atoms with Crippen molar-refractivity contribution in [3.63, 3.8) is 0 Å². The Balaban J connectivity index is 1.73. The number of nitrogens with one attached hydrogen (secondary N) is 1. The second-order valence-corrected chi connectivity index (χ2v) is 6.46. The fraction of sp³-hybridized carbons (Fsp3) is 0.467. The molecule has 0 aromatic heterocycles. The van der Waals surface area contributed by atoms with E-state index < -0.39 is 0 Å². The molecule has 1 N–H and O–H groups in total. The number of carbonyl (C=O) groups is 1. The summed E-state index contributed by atoms with van der Waals surface area (Å²) in [6.45, 7) is 5.02. The van der Waals surface area contributed by atoms with E-state index >= 15 is 0 Å². The van der Waals surface area contributed by atoms with Crippen LogP contribution in [-0.4, -0.2) is 47.2 Å². The first-order valence-corrected chi connectivity index (χ1v) is 8.40. The summed E-state index contributed by atoms with van der Waals surface area (Å²) < 4.78 is 6.07. The van der Waals surface area contributed by atoms with Gasteiger partial charge in [-0.1, -0.05) is 54.3 Å². The number of morpholine rings is 1. The maximum atomic E-state index is 12.0. The number of ether oxygens (including phenoxy) is 1. The Kier molecular flexibility index (Phi) is 6.48. The second-order valence-electron chi connectivity index (χ2n) is 4.85. The first kappa shape index (κ1) is 16.3. The zero-order valence-corrected chi connectivity index (χ0v) is 13.7. The van der Waals surface area contributed by atoms with Crippen molar-refractivity contribution in [3.8, 4) is 0 Å². The van der Waals surface area contributed by atoms with Gasteiger partial charge in [0, 0.05) is 13.1 Å². The highest BCUT2D eigenvalue weighted by molar-refractivity contribution is 8.23. The molecule has 1 saturated heterocycles. The lowest BCUT2D eigenvalue weighted by Gasteiger charge is -2.28. The van der Waals surface area contributed by atoms with Crippen LogP contribution in [0.2, 0.25) is 0 Å². The minimum Gasteiger partial charge on any atom is -0.378 e. The molecule has 4 nitrogen and oxygen atoms in total. The number of hydrogen-bond donors (Lipinski definition) is 1. The molecule has 1 fully saturated rings. The lowest BCUT2D eigenvalue weighted by Crippen LogP contribution is -2.39. The number of nitrogens with zero attached hydrogens (tertiary/aromatic N) is 1. The normalized spacial score (nSPS) is 16.3. The highest BCUT2D eigenvalue weighted by Crippen LogP contribution is 2.14. The van der Waals surface area contributed by atoms with Gasteiger partial charge in [0.05, 0.1) is 25.0 Å². The third-order valence-corrected chi connectivity index (χ3v) is 4.80. The van der Waals surface area contributed by atoms with Crippen molar-refractivity contribution in [3.05, 3.63) is 35.9 Å². The monoisotopic (exact) mass is 324 g/mol. The van der Waals surface area contributed by atoms with E-state index in [1.807, 2.05) is 37.3 Å². The van der Waals surface area contributed by atoms with Gasteiger partial charge in [-0.15, -0.1) is 0 Å². The van der Waals surface area contributed by atoms with E-state index in [-0.39, 0.29) is 11.9 Å². The van der Waals surface area contributed by atoms with Crippen LogP contribution >= 0.6 is 24.0 Å². The third kappa shape index (κ3) is 5.30. The van der Waals surface area contributed by atoms with Crippen LogP contribution in [0.5, 0.6) is 0 Å². The van der Waals surface area contributed by atoms with Gasteiger partial charge in [-0.3, -0.25) is 4.79 Å². The van der Waals surface area contributed by atoms with Gasteiger partial charge < -0.3 is 15.0 Å². The molecule has 0 unspecified atom stereocenters. The maximum absolute atomic E-state index is 12.0. The number of benzene rings is 1. The van der Waals surface area contributed by atoms with Crippen molar-refractivity contribution < 1.29 is 9.53 Å². The van der Waals surface area contributed by atoms with Gasteiger partial charge in [-0.2, -0.15) is 0 Å². The zero-order chi connectivity index (χ0) is 15.1. The fourth-order valence-corrected chi connectivity index (χ4v) is 3.14. The summed E-state index contributed by atoms with van der Waals surface area (Å²) in [5, 5.41) is 2.99. The molecule has 1 amide bonds. The van der Waals surface area contributed by atoms with Crippen LogP contribution < -0.4 is 5.32 Å². The Morgan fingerprint density at radius 1 is 1.38 bits per heavy atom. The Labute approximate surface area is 135 Å². The summed E-state index contributed by atoms with van der Waals surface area (Å²) in [5.74, 6) is 0.361. The van der Waals surface area contributed by atoms with E-state index in [9.17, 15) is 4.79 Å². The van der Waals surface area contributed by atoms with Crippen molar-refractivity contribution in [1.82, 2.24) is 10.2 Å². The highest BCUT2D eigenvalue weighted by Gasteiger charge is 2.16. The van der Waals surface area contributed by atoms with Crippen LogP contribution in [0.15, 0.2) is 30.3 Å². The van der Waals surface area contributed by atoms with Crippen LogP contribution in [0.4, 0.5) is 0 Å². The van der Waals surface area contributed by atoms with Crippen LogP contribution in [0, 0.1) is 0 Å². The molecule has 1 heterocycles. The predicted octanol–water partition coefficient (Wildman–Crippen LogP) is 2.21. The maximum Gasteiger partial charge on any atom is 0.230 e. The molecule has 0 aliphatic carbocycles. The number of thiocarbonyl (C=S) groups is 1. The fourth-order valence-electron chi connectivity index (χ4n) is 2.07. The van der Waals surface area contributed by atoms with Crippen LogP contribution in [0.1, 0.15) is 18.5 Å². The summed E-state index contributed by atoms with van der Waals surface area (Å²) in [5.41, 5.74) is 1.10. The van der Waals surface area contributed by atoms with Gasteiger partial charge in [-0.05, 0) is 12.5 Å². The Bertz CT molecular complexity index is 476. The summed E-state index contributed by atoms with van der Waals surface area (Å²) >= 11 is 6.77. The standard InChI is InChI=1S/C15H20N2O2S2/c1-12(13-5-3-2-4-6-13)16-14(18)11-21-15(20)17-7-9-19-10-8-17/h2-6,12H,7-11H2,1H3,(H,16,18)/t12-/m0/s1. The van der Waals surface area contributed by atoms with Gasteiger partial charge >= 0.3 is 0 Å². The molecule has 0 radical (unpaired) electrons. The van der Waals surface area contributed by atoms with Gasteiger partial charge in [0.15, 0.2) is 0 Å². The molecule has 1 aromatic rings. The Hall–Kier alpha value is -1.11. The minimum atomic E-state index is 0.00645. The van der Waals surface area contributed by atoms with Crippen LogP contribution in [0.3, 0.4) is 0 Å². The number of hydrogen-bond acceptors (Lipinski definition) is 4. The van der Waals surface area contributed by atoms with E-state index in [2.05, 4.69) is 10.2 Å². The molecular formula is C15H20N2O2S2. The molecule has 1 aromatic carbocycles. The van der Waals surface area contributed by atoms with E-state index in [1.54, 1.807) is 0 Å². The summed E-state index contributed by atoms with van der Waals surface area (Å²) in [7, 11) is 0. The SMILES string of the molecule is C[C@H](NC(=O)CSC(=S)N1CCOCC1)c1ccccc1. The third-order valence-electron chi connectivity index (χ3n) is 3.27. The lowest BCUT2D eigenvalue weighted by molar-refractivity contribution is -0.119. The smallest absolute Gasteiger partial charge is 0.230 e. The molecule has 0 bridgehead atoms. The topological polar surface area (TPSA) is 41.6 Å². The molecule has 21 heavy (non-hydrogen) atoms. The van der Waals surface area contributed by atoms with Gasteiger partial charge in [0.1, 0.15) is 4.32 Å². The zero-order valence-electron chi connectivity index (χ0n) is 12.1. The van der Waals surface area contributed by atoms with Crippen LogP contribution in [0.25, 0.3) is 0 Å². The van der Waals surface area contributed by atoms with E-state index in [0.717, 1.165) is 23.0 Å². The van der Waals surface area contributed by atoms with Gasteiger partial charge in [-0.25, -0.2) is 0 Å². The first-order chi connectivity index (χ1) is 10.2. The van der Waals surface area contributed by atoms with Crippen molar-refractivity contribution in [2.45, 2.75) is 13.0 Å². The Morgan fingerprint density at radius 2 is 2.05 bits per heavy atom. The van der Waals surface area contributed by atoms with E-state index in [0.29, 0.717) is 19.0 Å². The summed E-state index contributed by atoms with van der Waals surface area (Å²) in [6.07, 6.45) is 0. The van der Waals surface area contributed by atoms with Gasteiger partial charge in [0.25, 0.3) is 0 Å². The lowest BCUT2D eigenvalue weighted by atomic mass is 10.1. The molecule has 2 rings (SSSR count). The molecule has 0 spiro atoms. The number of thioether (sulfide) groups is 1.